The first kappa shape index (κ1) is 21.4. The maximum atomic E-state index is 13.2. The van der Waals surface area contributed by atoms with Crippen LogP contribution in [0.25, 0.3) is 10.9 Å². The van der Waals surface area contributed by atoms with Crippen LogP contribution in [0.15, 0.2) is 58.5 Å². The van der Waals surface area contributed by atoms with Crippen LogP contribution in [0.1, 0.15) is 37.3 Å². The molecule has 1 amide bonds. The van der Waals surface area contributed by atoms with Gasteiger partial charge in [-0.1, -0.05) is 48.9 Å². The Kier molecular flexibility index (Phi) is 6.92. The van der Waals surface area contributed by atoms with Crippen molar-refractivity contribution in [2.24, 2.45) is 0 Å². The van der Waals surface area contributed by atoms with Crippen molar-refractivity contribution in [2.45, 2.75) is 43.3 Å². The lowest BCUT2D eigenvalue weighted by molar-refractivity contribution is -0.118. The molecule has 1 fully saturated rings. The summed E-state index contributed by atoms with van der Waals surface area (Å²) in [4.78, 5) is 30.3. The predicted molar refractivity (Wildman–Crippen MR) is 124 cm³/mol. The highest BCUT2D eigenvalue weighted by Gasteiger charge is 2.23. The Hall–Kier alpha value is -2.80. The van der Waals surface area contributed by atoms with E-state index in [-0.39, 0.29) is 23.3 Å². The highest BCUT2D eigenvalue weighted by molar-refractivity contribution is 7.99. The average molecular weight is 438 g/mol. The molecule has 1 N–H and O–H groups in total. The molecule has 0 unspecified atom stereocenters. The number of rotatable bonds is 8. The zero-order chi connectivity index (χ0) is 21.6. The van der Waals surface area contributed by atoms with E-state index in [0.717, 1.165) is 43.4 Å². The van der Waals surface area contributed by atoms with Crippen molar-refractivity contribution in [3.8, 4) is 5.75 Å². The Bertz CT molecular complexity index is 1110. The number of ether oxygens (including phenoxy) is 1. The number of carbonyl (C=O) groups is 1. The SMILES string of the molecule is COc1ccc(CCNC(=O)CSc2nc3ccccc3c(=O)n2C2CCCC2)cc1. The Labute approximate surface area is 186 Å². The number of para-hydroxylation sites is 1. The van der Waals surface area contributed by atoms with Gasteiger partial charge < -0.3 is 10.1 Å². The lowest BCUT2D eigenvalue weighted by Gasteiger charge is -2.18. The molecular formula is C24H27N3O3S. The van der Waals surface area contributed by atoms with Gasteiger partial charge in [-0.15, -0.1) is 0 Å². The standard InChI is InChI=1S/C24H27N3O3S/c1-30-19-12-10-17(11-13-19)14-15-25-22(28)16-31-24-26-21-9-5-4-8-20(21)23(29)27(24)18-6-2-3-7-18/h4-5,8-13,18H,2-3,6-7,14-16H2,1H3,(H,25,28). The van der Waals surface area contributed by atoms with Gasteiger partial charge in [0.15, 0.2) is 5.16 Å². The first-order chi connectivity index (χ1) is 15.2. The maximum absolute atomic E-state index is 13.2. The second-order valence-corrected chi connectivity index (χ2v) is 8.70. The normalized spacial score (nSPS) is 14.1. The van der Waals surface area contributed by atoms with Crippen LogP contribution in [0.2, 0.25) is 0 Å². The molecule has 2 aromatic carbocycles. The number of amides is 1. The fourth-order valence-corrected chi connectivity index (χ4v) is 4.93. The van der Waals surface area contributed by atoms with Crippen molar-refractivity contribution in [3.05, 3.63) is 64.4 Å². The zero-order valence-electron chi connectivity index (χ0n) is 17.7. The van der Waals surface area contributed by atoms with Crippen molar-refractivity contribution in [2.75, 3.05) is 19.4 Å². The van der Waals surface area contributed by atoms with E-state index in [0.29, 0.717) is 22.6 Å². The van der Waals surface area contributed by atoms with Crippen LogP contribution >= 0.6 is 11.8 Å². The zero-order valence-corrected chi connectivity index (χ0v) is 18.5. The van der Waals surface area contributed by atoms with Crippen molar-refractivity contribution in [1.29, 1.82) is 0 Å². The number of benzene rings is 2. The molecule has 0 aliphatic heterocycles. The van der Waals surface area contributed by atoms with E-state index in [1.54, 1.807) is 7.11 Å². The Balaban J connectivity index is 1.41. The molecule has 1 aliphatic carbocycles. The maximum Gasteiger partial charge on any atom is 0.262 e. The minimum absolute atomic E-state index is 0.0000797. The predicted octanol–water partition coefficient (Wildman–Crippen LogP) is 3.97. The molecule has 1 heterocycles. The van der Waals surface area contributed by atoms with Gasteiger partial charge in [0.25, 0.3) is 5.56 Å². The number of aromatic nitrogens is 2. The van der Waals surface area contributed by atoms with Gasteiger partial charge in [-0.2, -0.15) is 0 Å². The fraction of sp³-hybridized carbons (Fsp3) is 0.375. The Morgan fingerprint density at radius 2 is 1.90 bits per heavy atom. The Morgan fingerprint density at radius 3 is 2.65 bits per heavy atom. The molecule has 0 spiro atoms. The van der Waals surface area contributed by atoms with Gasteiger partial charge in [-0.25, -0.2) is 4.98 Å². The van der Waals surface area contributed by atoms with Crippen LogP contribution in [0, 0.1) is 0 Å². The summed E-state index contributed by atoms with van der Waals surface area (Å²) < 4.78 is 6.99. The minimum atomic E-state index is -0.0566. The summed E-state index contributed by atoms with van der Waals surface area (Å²) in [6.07, 6.45) is 4.98. The van der Waals surface area contributed by atoms with Crippen molar-refractivity contribution in [1.82, 2.24) is 14.9 Å². The van der Waals surface area contributed by atoms with E-state index in [1.165, 1.54) is 11.8 Å². The molecule has 162 valence electrons. The third kappa shape index (κ3) is 5.10. The summed E-state index contributed by atoms with van der Waals surface area (Å²) in [5.74, 6) is 0.999. The van der Waals surface area contributed by atoms with Gasteiger partial charge in [-0.3, -0.25) is 14.2 Å². The summed E-state index contributed by atoms with van der Waals surface area (Å²) in [5, 5.41) is 4.25. The van der Waals surface area contributed by atoms with E-state index in [1.807, 2.05) is 53.1 Å². The van der Waals surface area contributed by atoms with Gasteiger partial charge >= 0.3 is 0 Å². The van der Waals surface area contributed by atoms with E-state index in [2.05, 4.69) is 5.32 Å². The van der Waals surface area contributed by atoms with Gasteiger partial charge in [0.05, 0.1) is 23.8 Å². The number of carbonyl (C=O) groups excluding carboxylic acids is 1. The largest absolute Gasteiger partial charge is 0.497 e. The number of nitrogens with one attached hydrogen (secondary N) is 1. The van der Waals surface area contributed by atoms with Gasteiger partial charge in [-0.05, 0) is 49.1 Å². The molecule has 0 radical (unpaired) electrons. The molecular weight excluding hydrogens is 410 g/mol. The van der Waals surface area contributed by atoms with Crippen LogP contribution in [0.4, 0.5) is 0 Å². The number of fused-ring (bicyclic) bond motifs is 1. The van der Waals surface area contributed by atoms with Gasteiger partial charge in [0.1, 0.15) is 5.75 Å². The van der Waals surface area contributed by atoms with Crippen LogP contribution in [0.3, 0.4) is 0 Å². The van der Waals surface area contributed by atoms with Crippen molar-refractivity contribution >= 4 is 28.6 Å². The lowest BCUT2D eigenvalue weighted by Crippen LogP contribution is -2.29. The Morgan fingerprint density at radius 1 is 1.16 bits per heavy atom. The highest BCUT2D eigenvalue weighted by atomic mass is 32.2. The summed E-state index contributed by atoms with van der Waals surface area (Å²) >= 11 is 1.35. The molecule has 1 aliphatic rings. The summed E-state index contributed by atoms with van der Waals surface area (Å²) in [6, 6.07) is 15.4. The molecule has 1 saturated carbocycles. The molecule has 0 bridgehead atoms. The van der Waals surface area contributed by atoms with Crippen LogP contribution in [0.5, 0.6) is 5.75 Å². The first-order valence-corrected chi connectivity index (χ1v) is 11.7. The average Bonchev–Trinajstić information content (AvgIpc) is 3.32. The summed E-state index contributed by atoms with van der Waals surface area (Å²) in [7, 11) is 1.64. The van der Waals surface area contributed by atoms with E-state index in [4.69, 9.17) is 9.72 Å². The third-order valence-corrected chi connectivity index (χ3v) is 6.65. The molecule has 7 heteroatoms. The van der Waals surface area contributed by atoms with Crippen LogP contribution < -0.4 is 15.6 Å². The summed E-state index contributed by atoms with van der Waals surface area (Å²) in [5.41, 5.74) is 1.82. The third-order valence-electron chi connectivity index (χ3n) is 5.69. The number of hydrogen-bond acceptors (Lipinski definition) is 5. The monoisotopic (exact) mass is 437 g/mol. The number of methoxy groups -OCH3 is 1. The summed E-state index contributed by atoms with van der Waals surface area (Å²) in [6.45, 7) is 0.562. The quantitative estimate of drug-likeness (QED) is 0.426. The first-order valence-electron chi connectivity index (χ1n) is 10.7. The van der Waals surface area contributed by atoms with Crippen molar-refractivity contribution < 1.29 is 9.53 Å². The van der Waals surface area contributed by atoms with E-state index in [9.17, 15) is 9.59 Å². The molecule has 0 atom stereocenters. The fourth-order valence-electron chi connectivity index (χ4n) is 4.03. The molecule has 3 aromatic rings. The second-order valence-electron chi connectivity index (χ2n) is 7.76. The lowest BCUT2D eigenvalue weighted by atomic mass is 10.1. The molecule has 1 aromatic heterocycles. The van der Waals surface area contributed by atoms with E-state index >= 15 is 0 Å². The van der Waals surface area contributed by atoms with Gasteiger partial charge in [0.2, 0.25) is 5.91 Å². The van der Waals surface area contributed by atoms with Gasteiger partial charge in [0, 0.05) is 12.6 Å². The molecule has 31 heavy (non-hydrogen) atoms. The highest BCUT2D eigenvalue weighted by Crippen LogP contribution is 2.32. The van der Waals surface area contributed by atoms with Crippen molar-refractivity contribution in [3.63, 3.8) is 0 Å². The number of hydrogen-bond donors (Lipinski definition) is 1. The molecule has 6 nitrogen and oxygen atoms in total. The smallest absolute Gasteiger partial charge is 0.262 e. The second kappa shape index (κ2) is 10.0. The van der Waals surface area contributed by atoms with Crippen LogP contribution in [-0.4, -0.2) is 34.9 Å². The number of thioether (sulfide) groups is 1. The molecule has 4 rings (SSSR count). The van der Waals surface area contributed by atoms with Crippen LogP contribution in [-0.2, 0) is 11.2 Å². The minimum Gasteiger partial charge on any atom is -0.497 e. The number of nitrogens with zero attached hydrogens (tertiary/aromatic N) is 2. The van der Waals surface area contributed by atoms with E-state index < -0.39 is 0 Å². The topological polar surface area (TPSA) is 73.2 Å². The molecule has 0 saturated heterocycles.